The molecule has 0 amide bonds. The zero-order valence-electron chi connectivity index (χ0n) is 11.6. The molecule has 1 aliphatic rings. The molecule has 0 aromatic rings. The number of hydrogen-bond acceptors (Lipinski definition) is 3. The van der Waals surface area contributed by atoms with Crippen LogP contribution in [0.1, 0.15) is 46.5 Å². The fourth-order valence-corrected chi connectivity index (χ4v) is 3.83. The lowest BCUT2D eigenvalue weighted by atomic mass is 10.0. The Kier molecular flexibility index (Phi) is 5.58. The highest BCUT2D eigenvalue weighted by Crippen LogP contribution is 2.18. The molecule has 0 saturated carbocycles. The van der Waals surface area contributed by atoms with Crippen LogP contribution in [0.4, 0.5) is 0 Å². The van der Waals surface area contributed by atoms with Crippen molar-refractivity contribution in [2.45, 2.75) is 52.1 Å². The number of aliphatic hydroxyl groups is 1. The van der Waals surface area contributed by atoms with Gasteiger partial charge in [0.1, 0.15) is 0 Å². The fourth-order valence-electron chi connectivity index (χ4n) is 2.33. The average Bonchev–Trinajstić information content (AvgIpc) is 2.27. The standard InChI is InChI=1S/C12H26N2O3S/c1-4-7-12(3,15)10-13-18(16,17)14-8-5-6-11(2)9-14/h11,13,15H,4-10H2,1-3H3. The third-order valence-corrected chi connectivity index (χ3v) is 4.90. The smallest absolute Gasteiger partial charge is 0.279 e. The zero-order valence-corrected chi connectivity index (χ0v) is 12.5. The van der Waals surface area contributed by atoms with Crippen molar-refractivity contribution in [3.8, 4) is 0 Å². The second-order valence-corrected chi connectivity index (χ2v) is 7.43. The molecule has 1 saturated heterocycles. The maximum Gasteiger partial charge on any atom is 0.279 e. The summed E-state index contributed by atoms with van der Waals surface area (Å²) in [7, 11) is -3.44. The minimum atomic E-state index is -3.44. The topological polar surface area (TPSA) is 69.6 Å². The van der Waals surface area contributed by atoms with Gasteiger partial charge >= 0.3 is 0 Å². The Balaban J connectivity index is 2.54. The molecule has 1 heterocycles. The molecule has 5 nitrogen and oxygen atoms in total. The van der Waals surface area contributed by atoms with Crippen molar-refractivity contribution in [1.82, 2.24) is 9.03 Å². The van der Waals surface area contributed by atoms with Crippen molar-refractivity contribution in [2.24, 2.45) is 5.92 Å². The van der Waals surface area contributed by atoms with E-state index in [4.69, 9.17) is 0 Å². The Morgan fingerprint density at radius 2 is 2.17 bits per heavy atom. The van der Waals surface area contributed by atoms with E-state index in [1.54, 1.807) is 6.92 Å². The van der Waals surface area contributed by atoms with Crippen molar-refractivity contribution < 1.29 is 13.5 Å². The van der Waals surface area contributed by atoms with Gasteiger partial charge < -0.3 is 5.11 Å². The normalized spacial score (nSPS) is 25.9. The van der Waals surface area contributed by atoms with E-state index in [1.807, 2.05) is 6.92 Å². The second kappa shape index (κ2) is 6.32. The van der Waals surface area contributed by atoms with Gasteiger partial charge in [0, 0.05) is 19.6 Å². The van der Waals surface area contributed by atoms with E-state index in [9.17, 15) is 13.5 Å². The molecule has 18 heavy (non-hydrogen) atoms. The summed E-state index contributed by atoms with van der Waals surface area (Å²) in [5, 5.41) is 9.98. The van der Waals surface area contributed by atoms with Gasteiger partial charge in [-0.25, -0.2) is 0 Å². The van der Waals surface area contributed by atoms with Gasteiger partial charge in [0.15, 0.2) is 0 Å². The molecule has 0 radical (unpaired) electrons. The highest BCUT2D eigenvalue weighted by molar-refractivity contribution is 7.87. The van der Waals surface area contributed by atoms with Gasteiger partial charge in [0.25, 0.3) is 10.2 Å². The summed E-state index contributed by atoms with van der Waals surface area (Å²) in [6.07, 6.45) is 3.41. The SMILES string of the molecule is CCCC(C)(O)CNS(=O)(=O)N1CCCC(C)C1. The van der Waals surface area contributed by atoms with Crippen LogP contribution in [-0.2, 0) is 10.2 Å². The molecule has 2 N–H and O–H groups in total. The van der Waals surface area contributed by atoms with E-state index in [1.165, 1.54) is 4.31 Å². The molecule has 0 aromatic carbocycles. The Morgan fingerprint density at radius 1 is 1.50 bits per heavy atom. The van der Waals surface area contributed by atoms with Crippen molar-refractivity contribution in [2.75, 3.05) is 19.6 Å². The summed E-state index contributed by atoms with van der Waals surface area (Å²) >= 11 is 0. The highest BCUT2D eigenvalue weighted by Gasteiger charge is 2.29. The van der Waals surface area contributed by atoms with Crippen LogP contribution in [-0.4, -0.2) is 43.1 Å². The lowest BCUT2D eigenvalue weighted by Gasteiger charge is -2.31. The summed E-state index contributed by atoms with van der Waals surface area (Å²) in [6, 6.07) is 0. The van der Waals surface area contributed by atoms with Gasteiger partial charge in [-0.05, 0) is 32.1 Å². The molecule has 108 valence electrons. The van der Waals surface area contributed by atoms with Crippen molar-refractivity contribution in [3.63, 3.8) is 0 Å². The summed E-state index contributed by atoms with van der Waals surface area (Å²) in [5.41, 5.74) is -0.969. The van der Waals surface area contributed by atoms with E-state index in [0.717, 1.165) is 19.3 Å². The summed E-state index contributed by atoms with van der Waals surface area (Å²) < 4.78 is 28.2. The van der Waals surface area contributed by atoms with Crippen molar-refractivity contribution in [3.05, 3.63) is 0 Å². The van der Waals surface area contributed by atoms with Gasteiger partial charge in [0.2, 0.25) is 0 Å². The van der Waals surface area contributed by atoms with E-state index < -0.39 is 15.8 Å². The number of hydrogen-bond donors (Lipinski definition) is 2. The minimum Gasteiger partial charge on any atom is -0.389 e. The van der Waals surface area contributed by atoms with Crippen LogP contribution in [0.25, 0.3) is 0 Å². The molecule has 0 spiro atoms. The molecule has 6 heteroatoms. The third-order valence-electron chi connectivity index (χ3n) is 3.38. The molecule has 2 unspecified atom stereocenters. The van der Waals surface area contributed by atoms with Gasteiger partial charge in [0.05, 0.1) is 5.60 Å². The minimum absolute atomic E-state index is 0.0774. The molecule has 0 aromatic heterocycles. The quantitative estimate of drug-likeness (QED) is 0.764. The Labute approximate surface area is 111 Å². The van der Waals surface area contributed by atoms with Crippen molar-refractivity contribution in [1.29, 1.82) is 0 Å². The molecule has 0 bridgehead atoms. The first-order valence-corrected chi connectivity index (χ1v) is 8.18. The van der Waals surface area contributed by atoms with Crippen LogP contribution in [0.15, 0.2) is 0 Å². The fraction of sp³-hybridized carbons (Fsp3) is 1.00. The maximum absolute atomic E-state index is 12.1. The Morgan fingerprint density at radius 3 is 2.72 bits per heavy atom. The summed E-state index contributed by atoms with van der Waals surface area (Å²) in [4.78, 5) is 0. The molecule has 0 aliphatic carbocycles. The second-order valence-electron chi connectivity index (χ2n) is 5.68. The molecule has 1 fully saturated rings. The number of rotatable bonds is 6. The van der Waals surface area contributed by atoms with Crippen LogP contribution in [0.2, 0.25) is 0 Å². The van der Waals surface area contributed by atoms with Crippen LogP contribution >= 0.6 is 0 Å². The van der Waals surface area contributed by atoms with E-state index in [2.05, 4.69) is 11.6 Å². The summed E-state index contributed by atoms with van der Waals surface area (Å²) in [5.74, 6) is 0.409. The number of piperidine rings is 1. The van der Waals surface area contributed by atoms with Gasteiger partial charge in [-0.15, -0.1) is 0 Å². The van der Waals surface area contributed by atoms with E-state index in [0.29, 0.717) is 25.4 Å². The predicted molar refractivity (Wildman–Crippen MR) is 72.4 cm³/mol. The first kappa shape index (κ1) is 15.9. The first-order valence-electron chi connectivity index (χ1n) is 6.74. The highest BCUT2D eigenvalue weighted by atomic mass is 32.2. The largest absolute Gasteiger partial charge is 0.389 e. The number of nitrogens with zero attached hydrogens (tertiary/aromatic N) is 1. The number of nitrogens with one attached hydrogen (secondary N) is 1. The third kappa shape index (κ3) is 4.84. The molecule has 1 aliphatic heterocycles. The van der Waals surface area contributed by atoms with Crippen LogP contribution in [0, 0.1) is 5.92 Å². The first-order chi connectivity index (χ1) is 8.27. The Hall–Kier alpha value is -0.170. The lowest BCUT2D eigenvalue weighted by molar-refractivity contribution is 0.0549. The lowest BCUT2D eigenvalue weighted by Crippen LogP contribution is -2.49. The molecule has 2 atom stereocenters. The molecule has 1 rings (SSSR count). The average molecular weight is 278 g/mol. The molecular formula is C12H26N2O3S. The van der Waals surface area contributed by atoms with Gasteiger partial charge in [-0.1, -0.05) is 20.3 Å². The maximum atomic E-state index is 12.1. The van der Waals surface area contributed by atoms with E-state index in [-0.39, 0.29) is 6.54 Å². The Bertz CT molecular complexity index is 354. The van der Waals surface area contributed by atoms with Gasteiger partial charge in [-0.2, -0.15) is 17.4 Å². The van der Waals surface area contributed by atoms with Gasteiger partial charge in [-0.3, -0.25) is 0 Å². The van der Waals surface area contributed by atoms with Crippen LogP contribution in [0.5, 0.6) is 0 Å². The van der Waals surface area contributed by atoms with Crippen LogP contribution < -0.4 is 4.72 Å². The van der Waals surface area contributed by atoms with E-state index >= 15 is 0 Å². The zero-order chi connectivity index (χ0) is 13.8. The van der Waals surface area contributed by atoms with Crippen molar-refractivity contribution >= 4 is 10.2 Å². The monoisotopic (exact) mass is 278 g/mol. The predicted octanol–water partition coefficient (Wildman–Crippen LogP) is 1.10. The summed E-state index contributed by atoms with van der Waals surface area (Å²) in [6.45, 7) is 6.93. The molecular weight excluding hydrogens is 252 g/mol. The van der Waals surface area contributed by atoms with Crippen LogP contribution in [0.3, 0.4) is 0 Å².